The second kappa shape index (κ2) is 6.53. The van der Waals surface area contributed by atoms with E-state index in [9.17, 15) is 4.79 Å². The summed E-state index contributed by atoms with van der Waals surface area (Å²) in [5, 5.41) is 2.85. The second-order valence-corrected chi connectivity index (χ2v) is 5.18. The zero-order valence-electron chi connectivity index (χ0n) is 11.9. The van der Waals surface area contributed by atoms with Crippen molar-refractivity contribution in [3.63, 3.8) is 0 Å². The number of pyridine rings is 1. The Hall–Kier alpha value is -2.47. The number of carbonyl (C=O) groups is 1. The molecular weight excluding hydrogens is 298 g/mol. The van der Waals surface area contributed by atoms with Gasteiger partial charge >= 0.3 is 0 Å². The minimum atomic E-state index is -0.0437. The van der Waals surface area contributed by atoms with Crippen LogP contribution in [0.1, 0.15) is 12.1 Å². The summed E-state index contributed by atoms with van der Waals surface area (Å²) < 4.78 is 7.33. The SMILES string of the molecule is O=C(CCn1c(=S)oc2ccccc21)NCc1ccccn1. The molecule has 0 aliphatic carbocycles. The number of fused-ring (bicyclic) bond motifs is 1. The first-order valence-electron chi connectivity index (χ1n) is 6.99. The average molecular weight is 313 g/mol. The molecule has 0 spiro atoms. The molecule has 1 aromatic carbocycles. The van der Waals surface area contributed by atoms with E-state index in [4.69, 9.17) is 16.6 Å². The zero-order chi connectivity index (χ0) is 15.4. The lowest BCUT2D eigenvalue weighted by molar-refractivity contribution is -0.121. The number of hydrogen-bond donors (Lipinski definition) is 1. The fourth-order valence-electron chi connectivity index (χ4n) is 2.22. The van der Waals surface area contributed by atoms with E-state index >= 15 is 0 Å². The van der Waals surface area contributed by atoms with Crippen molar-refractivity contribution >= 4 is 29.2 Å². The maximum Gasteiger partial charge on any atom is 0.269 e. The highest BCUT2D eigenvalue weighted by Gasteiger charge is 2.08. The van der Waals surface area contributed by atoms with Gasteiger partial charge in [0.15, 0.2) is 5.58 Å². The van der Waals surface area contributed by atoms with E-state index in [1.807, 2.05) is 47.0 Å². The van der Waals surface area contributed by atoms with E-state index in [2.05, 4.69) is 10.3 Å². The highest BCUT2D eigenvalue weighted by Crippen LogP contribution is 2.17. The molecule has 0 saturated carbocycles. The summed E-state index contributed by atoms with van der Waals surface area (Å²) in [5.74, 6) is -0.0437. The van der Waals surface area contributed by atoms with Crippen molar-refractivity contribution in [2.45, 2.75) is 19.5 Å². The molecule has 2 heterocycles. The molecule has 0 aliphatic heterocycles. The molecule has 0 atom stereocenters. The topological polar surface area (TPSA) is 60.1 Å². The van der Waals surface area contributed by atoms with Gasteiger partial charge in [-0.3, -0.25) is 14.3 Å². The second-order valence-electron chi connectivity index (χ2n) is 4.84. The normalized spacial score (nSPS) is 10.7. The van der Waals surface area contributed by atoms with Crippen LogP contribution >= 0.6 is 12.2 Å². The number of rotatable bonds is 5. The van der Waals surface area contributed by atoms with Gasteiger partial charge in [0.25, 0.3) is 4.84 Å². The number of aryl methyl sites for hydroxylation is 1. The van der Waals surface area contributed by atoms with E-state index in [0.29, 0.717) is 24.3 Å². The van der Waals surface area contributed by atoms with Crippen LogP contribution in [0.2, 0.25) is 0 Å². The molecule has 3 rings (SSSR count). The van der Waals surface area contributed by atoms with Crippen molar-refractivity contribution < 1.29 is 9.21 Å². The Kier molecular flexibility index (Phi) is 4.29. The zero-order valence-corrected chi connectivity index (χ0v) is 12.7. The highest BCUT2D eigenvalue weighted by atomic mass is 32.1. The van der Waals surface area contributed by atoms with Crippen molar-refractivity contribution in [1.29, 1.82) is 0 Å². The number of carbonyl (C=O) groups excluding carboxylic acids is 1. The number of nitrogens with one attached hydrogen (secondary N) is 1. The Balaban J connectivity index is 1.61. The van der Waals surface area contributed by atoms with Crippen LogP contribution < -0.4 is 5.32 Å². The Morgan fingerprint density at radius 1 is 1.23 bits per heavy atom. The van der Waals surface area contributed by atoms with Gasteiger partial charge in [0.05, 0.1) is 17.8 Å². The average Bonchev–Trinajstić information content (AvgIpc) is 2.87. The molecule has 1 N–H and O–H groups in total. The van der Waals surface area contributed by atoms with Crippen LogP contribution in [0, 0.1) is 4.84 Å². The number of hydrogen-bond acceptors (Lipinski definition) is 4. The van der Waals surface area contributed by atoms with Crippen LogP contribution in [0.25, 0.3) is 11.1 Å². The summed E-state index contributed by atoms with van der Waals surface area (Å²) in [6, 6.07) is 13.2. The highest BCUT2D eigenvalue weighted by molar-refractivity contribution is 7.71. The first kappa shape index (κ1) is 14.5. The summed E-state index contributed by atoms with van der Waals surface area (Å²) >= 11 is 5.20. The molecule has 0 saturated heterocycles. The quantitative estimate of drug-likeness (QED) is 0.735. The summed E-state index contributed by atoms with van der Waals surface area (Å²) in [7, 11) is 0. The Morgan fingerprint density at radius 3 is 2.86 bits per heavy atom. The first-order chi connectivity index (χ1) is 10.7. The standard InChI is InChI=1S/C16H15N3O2S/c20-15(18-11-12-5-3-4-9-17-12)8-10-19-13-6-1-2-7-14(13)21-16(19)22/h1-7,9H,8,10-11H2,(H,18,20). The number of nitrogens with zero attached hydrogens (tertiary/aromatic N) is 2. The van der Waals surface area contributed by atoms with Crippen LogP contribution in [0.3, 0.4) is 0 Å². The van der Waals surface area contributed by atoms with Crippen molar-refractivity contribution in [3.8, 4) is 0 Å². The predicted molar refractivity (Wildman–Crippen MR) is 85.7 cm³/mol. The minimum absolute atomic E-state index is 0.0437. The lowest BCUT2D eigenvalue weighted by Gasteiger charge is -2.05. The van der Waals surface area contributed by atoms with Crippen LogP contribution in [-0.4, -0.2) is 15.5 Å². The van der Waals surface area contributed by atoms with E-state index in [1.165, 1.54) is 0 Å². The van der Waals surface area contributed by atoms with Gasteiger partial charge in [0.2, 0.25) is 5.91 Å². The van der Waals surface area contributed by atoms with Crippen molar-refractivity contribution in [2.24, 2.45) is 0 Å². The third-order valence-corrected chi connectivity index (χ3v) is 3.63. The maximum absolute atomic E-state index is 11.9. The predicted octanol–water partition coefficient (Wildman–Crippen LogP) is 3.07. The maximum atomic E-state index is 11.9. The van der Waals surface area contributed by atoms with Crippen LogP contribution in [-0.2, 0) is 17.9 Å². The van der Waals surface area contributed by atoms with E-state index in [0.717, 1.165) is 16.8 Å². The van der Waals surface area contributed by atoms with Gasteiger partial charge in [0, 0.05) is 19.2 Å². The third kappa shape index (κ3) is 3.23. The van der Waals surface area contributed by atoms with Crippen molar-refractivity contribution in [2.75, 3.05) is 0 Å². The molecule has 0 bridgehead atoms. The molecule has 0 unspecified atom stereocenters. The molecule has 0 fully saturated rings. The van der Waals surface area contributed by atoms with Crippen LogP contribution in [0.4, 0.5) is 0 Å². The Labute approximate surface area is 132 Å². The van der Waals surface area contributed by atoms with Gasteiger partial charge < -0.3 is 9.73 Å². The molecule has 0 aliphatic rings. The number of benzene rings is 1. The van der Waals surface area contributed by atoms with E-state index in [-0.39, 0.29) is 5.91 Å². The lowest BCUT2D eigenvalue weighted by Crippen LogP contribution is -2.24. The number of aromatic nitrogens is 2. The van der Waals surface area contributed by atoms with Crippen molar-refractivity contribution in [1.82, 2.24) is 14.9 Å². The molecule has 112 valence electrons. The molecule has 2 aromatic heterocycles. The van der Waals surface area contributed by atoms with Crippen molar-refractivity contribution in [3.05, 3.63) is 59.2 Å². The number of oxazole rings is 1. The Bertz CT molecular complexity index is 839. The van der Waals surface area contributed by atoms with Gasteiger partial charge in [-0.05, 0) is 36.5 Å². The summed E-state index contributed by atoms with van der Waals surface area (Å²) in [5.41, 5.74) is 2.48. The molecular formula is C16H15N3O2S. The molecule has 6 heteroatoms. The van der Waals surface area contributed by atoms with Gasteiger partial charge in [-0.15, -0.1) is 0 Å². The summed E-state index contributed by atoms with van der Waals surface area (Å²) in [6.07, 6.45) is 2.04. The van der Waals surface area contributed by atoms with E-state index < -0.39 is 0 Å². The van der Waals surface area contributed by atoms with Crippen LogP contribution in [0.15, 0.2) is 53.1 Å². The largest absolute Gasteiger partial charge is 0.429 e. The smallest absolute Gasteiger partial charge is 0.269 e. The fraction of sp³-hybridized carbons (Fsp3) is 0.188. The third-order valence-electron chi connectivity index (χ3n) is 3.33. The van der Waals surface area contributed by atoms with Gasteiger partial charge in [-0.25, -0.2) is 0 Å². The molecule has 22 heavy (non-hydrogen) atoms. The van der Waals surface area contributed by atoms with Gasteiger partial charge in [-0.1, -0.05) is 18.2 Å². The van der Waals surface area contributed by atoms with Crippen LogP contribution in [0.5, 0.6) is 0 Å². The molecule has 3 aromatic rings. The molecule has 0 radical (unpaired) electrons. The monoisotopic (exact) mass is 313 g/mol. The first-order valence-corrected chi connectivity index (χ1v) is 7.40. The summed E-state index contributed by atoms with van der Waals surface area (Å²) in [6.45, 7) is 0.918. The van der Waals surface area contributed by atoms with Gasteiger partial charge in [-0.2, -0.15) is 0 Å². The van der Waals surface area contributed by atoms with Gasteiger partial charge in [0.1, 0.15) is 0 Å². The fourth-order valence-corrected chi connectivity index (χ4v) is 2.50. The molecule has 1 amide bonds. The Morgan fingerprint density at radius 2 is 2.05 bits per heavy atom. The molecule has 5 nitrogen and oxygen atoms in total. The van der Waals surface area contributed by atoms with E-state index in [1.54, 1.807) is 6.20 Å². The lowest BCUT2D eigenvalue weighted by atomic mass is 10.3. The number of amides is 1. The summed E-state index contributed by atoms with van der Waals surface area (Å²) in [4.78, 5) is 16.5. The number of para-hydroxylation sites is 2. The minimum Gasteiger partial charge on any atom is -0.429 e.